The molecule has 0 spiro atoms. The Labute approximate surface area is 226 Å². The largest absolute Gasteiger partial charge is 0.456 e. The zero-order valence-corrected chi connectivity index (χ0v) is 21.7. The number of rotatable bonds is 10. The predicted molar refractivity (Wildman–Crippen MR) is 146 cm³/mol. The molecule has 5 rings (SSSR count). The maximum Gasteiger partial charge on any atom is 0.253 e. The summed E-state index contributed by atoms with van der Waals surface area (Å²) in [5, 5.41) is 12.7. The summed E-state index contributed by atoms with van der Waals surface area (Å²) in [5.74, 6) is 1.70. The molecule has 1 aliphatic rings. The maximum atomic E-state index is 12.9. The summed E-state index contributed by atoms with van der Waals surface area (Å²) in [7, 11) is 0. The number of nitrogens with one attached hydrogen (secondary N) is 1. The van der Waals surface area contributed by atoms with Gasteiger partial charge in [0.05, 0.1) is 30.4 Å². The molecule has 0 atom stereocenters. The first-order valence-corrected chi connectivity index (χ1v) is 13.1. The van der Waals surface area contributed by atoms with Crippen LogP contribution in [0.3, 0.4) is 0 Å². The first-order valence-electron chi connectivity index (χ1n) is 12.7. The third-order valence-electron chi connectivity index (χ3n) is 6.41. The van der Waals surface area contributed by atoms with Gasteiger partial charge in [-0.2, -0.15) is 0 Å². The average Bonchev–Trinajstić information content (AvgIpc) is 3.37. The zero-order chi connectivity index (χ0) is 26.3. The van der Waals surface area contributed by atoms with E-state index in [1.807, 2.05) is 46.0 Å². The number of carbonyl (C=O) groups excluding carboxylic acids is 1. The molecule has 198 valence electrons. The van der Waals surface area contributed by atoms with Gasteiger partial charge < -0.3 is 29.4 Å². The molecule has 1 amide bonds. The molecule has 3 heterocycles. The molecule has 2 N–H and O–H groups in total. The summed E-state index contributed by atoms with van der Waals surface area (Å²) in [6.45, 7) is 2.94. The zero-order valence-electron chi connectivity index (χ0n) is 21.0. The Morgan fingerprint density at radius 1 is 1.05 bits per heavy atom. The van der Waals surface area contributed by atoms with E-state index in [4.69, 9.17) is 26.2 Å². The van der Waals surface area contributed by atoms with Gasteiger partial charge in [-0.3, -0.25) is 4.79 Å². The molecule has 1 fully saturated rings. The van der Waals surface area contributed by atoms with E-state index in [2.05, 4.69) is 15.3 Å². The van der Waals surface area contributed by atoms with Crippen molar-refractivity contribution in [2.45, 2.75) is 25.8 Å². The molecule has 1 aliphatic heterocycles. The van der Waals surface area contributed by atoms with Crippen LogP contribution >= 0.6 is 11.6 Å². The van der Waals surface area contributed by atoms with E-state index >= 15 is 0 Å². The van der Waals surface area contributed by atoms with Crippen LogP contribution in [0, 0.1) is 0 Å². The summed E-state index contributed by atoms with van der Waals surface area (Å²) < 4.78 is 13.5. The lowest BCUT2D eigenvalue weighted by Gasteiger charge is -2.26. The molecule has 0 bridgehead atoms. The molecular formula is C28H30ClN5O4. The molecule has 1 saturated heterocycles. The Morgan fingerprint density at radius 2 is 1.92 bits per heavy atom. The number of hydrogen-bond acceptors (Lipinski definition) is 7. The summed E-state index contributed by atoms with van der Waals surface area (Å²) >= 11 is 6.58. The minimum absolute atomic E-state index is 0.00895. The van der Waals surface area contributed by atoms with Gasteiger partial charge in [0.2, 0.25) is 0 Å². The Morgan fingerprint density at radius 3 is 2.74 bits per heavy atom. The number of benzene rings is 2. The highest BCUT2D eigenvalue weighted by atomic mass is 35.5. The predicted octanol–water partition coefficient (Wildman–Crippen LogP) is 5.26. The second-order valence-electron chi connectivity index (χ2n) is 9.05. The molecule has 0 saturated carbocycles. The number of anilines is 2. The Balaban J connectivity index is 1.29. The van der Waals surface area contributed by atoms with E-state index in [9.17, 15) is 4.79 Å². The second-order valence-corrected chi connectivity index (χ2v) is 9.46. The summed E-state index contributed by atoms with van der Waals surface area (Å²) in [5.41, 5.74) is 2.98. The summed E-state index contributed by atoms with van der Waals surface area (Å²) in [4.78, 5) is 23.6. The summed E-state index contributed by atoms with van der Waals surface area (Å²) in [6, 6.07) is 14.5. The van der Waals surface area contributed by atoms with Crippen molar-refractivity contribution in [2.75, 3.05) is 38.2 Å². The van der Waals surface area contributed by atoms with E-state index in [1.165, 1.54) is 12.7 Å². The van der Waals surface area contributed by atoms with Crippen LogP contribution in [0.15, 0.2) is 61.1 Å². The first kappa shape index (κ1) is 26.0. The molecule has 2 aromatic heterocycles. The number of aliphatic hydroxyl groups excluding tert-OH is 1. The van der Waals surface area contributed by atoms with Gasteiger partial charge in [-0.05, 0) is 61.7 Å². The van der Waals surface area contributed by atoms with E-state index in [0.29, 0.717) is 47.7 Å². The number of nitrogens with zero attached hydrogens (tertiary/aromatic N) is 4. The molecule has 10 heteroatoms. The van der Waals surface area contributed by atoms with Crippen LogP contribution < -0.4 is 10.1 Å². The molecule has 0 aliphatic carbocycles. The molecule has 0 radical (unpaired) electrons. The van der Waals surface area contributed by atoms with Crippen molar-refractivity contribution in [2.24, 2.45) is 0 Å². The van der Waals surface area contributed by atoms with Gasteiger partial charge >= 0.3 is 0 Å². The lowest BCUT2D eigenvalue weighted by atomic mass is 10.1. The number of likely N-dealkylation sites (tertiary alicyclic amines) is 1. The number of ether oxygens (including phenoxy) is 2. The fraction of sp³-hybridized carbons (Fsp3) is 0.321. The molecule has 9 nitrogen and oxygen atoms in total. The molecule has 2 aromatic carbocycles. The normalized spacial score (nSPS) is 13.6. The van der Waals surface area contributed by atoms with Crippen molar-refractivity contribution >= 4 is 40.0 Å². The SMILES string of the molecule is O=C(c1cccc(Oc2ccc(Nc3ncnc4ccn(CCOCCO)c34)cc2Cl)c1)N1CCCCC1. The van der Waals surface area contributed by atoms with Crippen LogP contribution in [0.2, 0.25) is 5.02 Å². The van der Waals surface area contributed by atoms with Crippen LogP contribution in [0.5, 0.6) is 11.5 Å². The van der Waals surface area contributed by atoms with E-state index in [0.717, 1.165) is 42.7 Å². The number of aromatic nitrogens is 3. The second kappa shape index (κ2) is 12.3. The van der Waals surface area contributed by atoms with Crippen LogP contribution in [-0.2, 0) is 11.3 Å². The smallest absolute Gasteiger partial charge is 0.253 e. The fourth-order valence-electron chi connectivity index (χ4n) is 4.54. The highest BCUT2D eigenvalue weighted by Gasteiger charge is 2.19. The van der Waals surface area contributed by atoms with Gasteiger partial charge in [-0.1, -0.05) is 17.7 Å². The van der Waals surface area contributed by atoms with Gasteiger partial charge in [0.1, 0.15) is 23.3 Å². The van der Waals surface area contributed by atoms with Gasteiger partial charge in [0.15, 0.2) is 5.82 Å². The number of fused-ring (bicyclic) bond motifs is 1. The molecule has 38 heavy (non-hydrogen) atoms. The van der Waals surface area contributed by atoms with Gasteiger partial charge in [0.25, 0.3) is 5.91 Å². The highest BCUT2D eigenvalue weighted by Crippen LogP contribution is 2.34. The molecule has 4 aromatic rings. The number of carbonyl (C=O) groups is 1. The van der Waals surface area contributed by atoms with Crippen LogP contribution in [0.4, 0.5) is 11.5 Å². The monoisotopic (exact) mass is 535 g/mol. The van der Waals surface area contributed by atoms with Crippen molar-refractivity contribution < 1.29 is 19.4 Å². The lowest BCUT2D eigenvalue weighted by Crippen LogP contribution is -2.35. The molecular weight excluding hydrogens is 506 g/mol. The average molecular weight is 536 g/mol. The number of amides is 1. The van der Waals surface area contributed by atoms with E-state index in [1.54, 1.807) is 18.2 Å². The third-order valence-corrected chi connectivity index (χ3v) is 6.70. The van der Waals surface area contributed by atoms with Gasteiger partial charge in [0, 0.05) is 37.1 Å². The maximum absolute atomic E-state index is 12.9. The van der Waals surface area contributed by atoms with E-state index in [-0.39, 0.29) is 12.5 Å². The van der Waals surface area contributed by atoms with E-state index < -0.39 is 0 Å². The van der Waals surface area contributed by atoms with Crippen molar-refractivity contribution in [1.29, 1.82) is 0 Å². The summed E-state index contributed by atoms with van der Waals surface area (Å²) in [6.07, 6.45) is 6.70. The topological polar surface area (TPSA) is 102 Å². The number of piperidine rings is 1. The number of halogens is 1. The number of aliphatic hydroxyl groups is 1. The van der Waals surface area contributed by atoms with Gasteiger partial charge in [-0.15, -0.1) is 0 Å². The fourth-order valence-corrected chi connectivity index (χ4v) is 4.76. The Bertz CT molecular complexity index is 1400. The van der Waals surface area contributed by atoms with Crippen molar-refractivity contribution in [3.05, 3.63) is 71.6 Å². The minimum Gasteiger partial charge on any atom is -0.456 e. The van der Waals surface area contributed by atoms with Crippen LogP contribution in [0.25, 0.3) is 11.0 Å². The lowest BCUT2D eigenvalue weighted by molar-refractivity contribution is 0.0724. The van der Waals surface area contributed by atoms with Crippen molar-refractivity contribution in [1.82, 2.24) is 19.4 Å². The molecule has 0 unspecified atom stereocenters. The number of hydrogen-bond donors (Lipinski definition) is 2. The van der Waals surface area contributed by atoms with Crippen molar-refractivity contribution in [3.63, 3.8) is 0 Å². The highest BCUT2D eigenvalue weighted by molar-refractivity contribution is 6.32. The van der Waals surface area contributed by atoms with Crippen LogP contribution in [-0.4, -0.2) is 63.4 Å². The Hall–Kier alpha value is -3.66. The van der Waals surface area contributed by atoms with Gasteiger partial charge in [-0.25, -0.2) is 9.97 Å². The third kappa shape index (κ3) is 6.07. The minimum atomic E-state index is -0.00895. The Kier molecular flexibility index (Phi) is 8.37. The first-order chi connectivity index (χ1) is 18.6. The quantitative estimate of drug-likeness (QED) is 0.267. The van der Waals surface area contributed by atoms with Crippen molar-refractivity contribution in [3.8, 4) is 11.5 Å². The standard InChI is InChI=1S/C28H30ClN5O4/c29-23-18-21(32-27-26-24(30-19-31-27)9-12-33(26)13-15-37-16-14-35)7-8-25(23)38-22-6-4-5-20(17-22)28(36)34-10-2-1-3-11-34/h4-9,12,17-19,35H,1-3,10-11,13-16H2,(H,30,31,32). The van der Waals surface area contributed by atoms with Crippen LogP contribution in [0.1, 0.15) is 29.6 Å².